The second kappa shape index (κ2) is 7.84. The van der Waals surface area contributed by atoms with Crippen LogP contribution in [0.5, 0.6) is 0 Å². The zero-order valence-electron chi connectivity index (χ0n) is 11.1. The van der Waals surface area contributed by atoms with E-state index in [0.29, 0.717) is 0 Å². The highest BCUT2D eigenvalue weighted by Gasteiger charge is 2.12. The quantitative estimate of drug-likeness (QED) is 0.749. The van der Waals surface area contributed by atoms with Gasteiger partial charge in [-0.3, -0.25) is 4.79 Å². The van der Waals surface area contributed by atoms with Crippen LogP contribution in [0.4, 0.5) is 5.69 Å². The van der Waals surface area contributed by atoms with Gasteiger partial charge in [0.25, 0.3) is 5.91 Å². The molecule has 0 atom stereocenters. The molecular formula is C14H21NO3. The van der Waals surface area contributed by atoms with E-state index in [4.69, 9.17) is 9.84 Å². The van der Waals surface area contributed by atoms with E-state index in [9.17, 15) is 4.79 Å². The van der Waals surface area contributed by atoms with Gasteiger partial charge < -0.3 is 14.7 Å². The minimum absolute atomic E-state index is 0.292. The summed E-state index contributed by atoms with van der Waals surface area (Å²) >= 11 is 0. The Morgan fingerprint density at radius 2 is 2.06 bits per heavy atom. The van der Waals surface area contributed by atoms with Crippen molar-refractivity contribution in [1.29, 1.82) is 0 Å². The number of hydrogen-bond donors (Lipinski definition) is 1. The minimum atomic E-state index is -0.464. The van der Waals surface area contributed by atoms with Crippen molar-refractivity contribution in [3.05, 3.63) is 29.8 Å². The van der Waals surface area contributed by atoms with Crippen molar-refractivity contribution in [2.75, 3.05) is 32.3 Å². The minimum Gasteiger partial charge on any atom is -0.387 e. The first kappa shape index (κ1) is 14.7. The maximum atomic E-state index is 11.5. The zero-order chi connectivity index (χ0) is 13.4. The predicted molar refractivity (Wildman–Crippen MR) is 71.8 cm³/mol. The summed E-state index contributed by atoms with van der Waals surface area (Å²) < 4.78 is 5.02. The standard InChI is InChI=1S/C14H21NO3/c1-15(14(17)11-16)13-9-4-3-7-12(13)8-5-6-10-18-2/h3-4,7,9,16H,5-6,8,10-11H2,1-2H3. The molecule has 0 unspecified atom stereocenters. The van der Waals surface area contributed by atoms with Crippen LogP contribution in [0.3, 0.4) is 0 Å². The van der Waals surface area contributed by atoms with Crippen LogP contribution in [-0.4, -0.2) is 38.4 Å². The van der Waals surface area contributed by atoms with Crippen LogP contribution in [0, 0.1) is 0 Å². The third-order valence-corrected chi connectivity index (χ3v) is 2.91. The number of likely N-dealkylation sites (N-methyl/N-ethyl adjacent to an activating group) is 1. The summed E-state index contributed by atoms with van der Waals surface area (Å²) in [5.74, 6) is -0.292. The summed E-state index contributed by atoms with van der Waals surface area (Å²) in [7, 11) is 3.38. The van der Waals surface area contributed by atoms with Crippen LogP contribution >= 0.6 is 0 Å². The highest BCUT2D eigenvalue weighted by atomic mass is 16.5. The van der Waals surface area contributed by atoms with Crippen molar-refractivity contribution < 1.29 is 14.6 Å². The van der Waals surface area contributed by atoms with E-state index >= 15 is 0 Å². The van der Waals surface area contributed by atoms with E-state index in [1.54, 1.807) is 14.2 Å². The van der Waals surface area contributed by atoms with Gasteiger partial charge in [0, 0.05) is 26.5 Å². The normalized spacial score (nSPS) is 10.4. The molecule has 1 aromatic carbocycles. The lowest BCUT2D eigenvalue weighted by atomic mass is 10.1. The monoisotopic (exact) mass is 251 g/mol. The summed E-state index contributed by atoms with van der Waals surface area (Å²) in [4.78, 5) is 13.0. The average Bonchev–Trinajstić information content (AvgIpc) is 2.42. The maximum absolute atomic E-state index is 11.5. The van der Waals surface area contributed by atoms with E-state index in [-0.39, 0.29) is 5.91 Å². The van der Waals surface area contributed by atoms with Crippen LogP contribution in [0.25, 0.3) is 0 Å². The van der Waals surface area contributed by atoms with Crippen molar-refractivity contribution in [2.45, 2.75) is 19.3 Å². The highest BCUT2D eigenvalue weighted by molar-refractivity contribution is 5.94. The molecule has 0 aliphatic carbocycles. The number of aryl methyl sites for hydroxylation is 1. The fraction of sp³-hybridized carbons (Fsp3) is 0.500. The van der Waals surface area contributed by atoms with Gasteiger partial charge in [-0.05, 0) is 30.9 Å². The smallest absolute Gasteiger partial charge is 0.252 e. The lowest BCUT2D eigenvalue weighted by molar-refractivity contribution is -0.120. The largest absolute Gasteiger partial charge is 0.387 e. The molecule has 0 saturated carbocycles. The van der Waals surface area contributed by atoms with E-state index in [2.05, 4.69) is 0 Å². The molecule has 0 bridgehead atoms. The van der Waals surface area contributed by atoms with Gasteiger partial charge in [-0.2, -0.15) is 0 Å². The third kappa shape index (κ3) is 4.13. The molecule has 18 heavy (non-hydrogen) atoms. The van der Waals surface area contributed by atoms with Crippen molar-refractivity contribution in [1.82, 2.24) is 0 Å². The molecule has 0 aliphatic heterocycles. The summed E-state index contributed by atoms with van der Waals surface area (Å²) in [5.41, 5.74) is 1.99. The number of para-hydroxylation sites is 1. The zero-order valence-corrected chi connectivity index (χ0v) is 11.1. The Morgan fingerprint density at radius 1 is 1.33 bits per heavy atom. The summed E-state index contributed by atoms with van der Waals surface area (Å²) in [5, 5.41) is 8.90. The van der Waals surface area contributed by atoms with Gasteiger partial charge in [0.05, 0.1) is 0 Å². The Balaban J connectivity index is 2.70. The first-order valence-corrected chi connectivity index (χ1v) is 6.15. The molecule has 100 valence electrons. The van der Waals surface area contributed by atoms with Gasteiger partial charge in [-0.15, -0.1) is 0 Å². The molecule has 4 heteroatoms. The van der Waals surface area contributed by atoms with Crippen LogP contribution in [0.15, 0.2) is 24.3 Å². The van der Waals surface area contributed by atoms with E-state index in [1.807, 2.05) is 24.3 Å². The number of rotatable bonds is 7. The number of unbranched alkanes of at least 4 members (excludes halogenated alkanes) is 1. The van der Waals surface area contributed by atoms with Crippen molar-refractivity contribution in [3.8, 4) is 0 Å². The van der Waals surface area contributed by atoms with Crippen LogP contribution in [0.1, 0.15) is 18.4 Å². The Hall–Kier alpha value is -1.39. The molecule has 0 fully saturated rings. The average molecular weight is 251 g/mol. The Morgan fingerprint density at radius 3 is 2.72 bits per heavy atom. The Kier molecular flexibility index (Phi) is 6.39. The van der Waals surface area contributed by atoms with Crippen LogP contribution in [-0.2, 0) is 16.0 Å². The van der Waals surface area contributed by atoms with Crippen LogP contribution < -0.4 is 4.90 Å². The SMILES string of the molecule is COCCCCc1ccccc1N(C)C(=O)CO. The molecule has 1 aromatic rings. The number of hydrogen-bond acceptors (Lipinski definition) is 3. The van der Waals surface area contributed by atoms with Crippen LogP contribution in [0.2, 0.25) is 0 Å². The van der Waals surface area contributed by atoms with E-state index in [1.165, 1.54) is 4.90 Å². The molecule has 4 nitrogen and oxygen atoms in total. The van der Waals surface area contributed by atoms with Gasteiger partial charge >= 0.3 is 0 Å². The highest BCUT2D eigenvalue weighted by Crippen LogP contribution is 2.21. The molecule has 0 aliphatic rings. The van der Waals surface area contributed by atoms with Gasteiger partial charge in [0.15, 0.2) is 0 Å². The second-order valence-corrected chi connectivity index (χ2v) is 4.19. The number of aliphatic hydroxyl groups is 1. The lowest BCUT2D eigenvalue weighted by Crippen LogP contribution is -2.29. The number of carbonyl (C=O) groups excluding carboxylic acids is 1. The number of carbonyl (C=O) groups is 1. The van der Waals surface area contributed by atoms with E-state index in [0.717, 1.165) is 37.1 Å². The van der Waals surface area contributed by atoms with Crippen molar-refractivity contribution >= 4 is 11.6 Å². The van der Waals surface area contributed by atoms with E-state index < -0.39 is 6.61 Å². The number of nitrogens with zero attached hydrogens (tertiary/aromatic N) is 1. The summed E-state index contributed by atoms with van der Waals surface area (Å²) in [6.07, 6.45) is 2.93. The second-order valence-electron chi connectivity index (χ2n) is 4.19. The lowest BCUT2D eigenvalue weighted by Gasteiger charge is -2.19. The van der Waals surface area contributed by atoms with Gasteiger partial charge in [-0.1, -0.05) is 18.2 Å². The maximum Gasteiger partial charge on any atom is 0.252 e. The van der Waals surface area contributed by atoms with Crippen molar-refractivity contribution in [2.24, 2.45) is 0 Å². The molecule has 0 aromatic heterocycles. The molecular weight excluding hydrogens is 230 g/mol. The third-order valence-electron chi connectivity index (χ3n) is 2.91. The summed E-state index contributed by atoms with van der Waals surface area (Å²) in [6, 6.07) is 7.78. The fourth-order valence-corrected chi connectivity index (χ4v) is 1.85. The Bertz CT molecular complexity index is 379. The summed E-state index contributed by atoms with van der Waals surface area (Å²) in [6.45, 7) is 0.294. The number of anilines is 1. The number of aliphatic hydroxyl groups excluding tert-OH is 1. The first-order chi connectivity index (χ1) is 8.70. The molecule has 1 N–H and O–H groups in total. The molecule has 0 radical (unpaired) electrons. The van der Waals surface area contributed by atoms with Gasteiger partial charge in [0.1, 0.15) is 6.61 Å². The Labute approximate surface area is 108 Å². The number of amides is 1. The fourth-order valence-electron chi connectivity index (χ4n) is 1.85. The van der Waals surface area contributed by atoms with Gasteiger partial charge in [-0.25, -0.2) is 0 Å². The predicted octanol–water partition coefficient (Wildman–Crippen LogP) is 1.61. The topological polar surface area (TPSA) is 49.8 Å². The first-order valence-electron chi connectivity index (χ1n) is 6.15. The van der Waals surface area contributed by atoms with Crippen molar-refractivity contribution in [3.63, 3.8) is 0 Å². The number of methoxy groups -OCH3 is 1. The molecule has 0 heterocycles. The molecule has 1 rings (SSSR count). The number of ether oxygens (including phenoxy) is 1. The molecule has 0 spiro atoms. The van der Waals surface area contributed by atoms with Gasteiger partial charge in [0.2, 0.25) is 0 Å². The molecule has 1 amide bonds. The number of benzene rings is 1. The molecule has 0 saturated heterocycles.